The molecule has 1 aromatic heterocycles. The average molecular weight is 410 g/mol. The summed E-state index contributed by atoms with van der Waals surface area (Å²) in [6.45, 7) is 5.16. The van der Waals surface area contributed by atoms with Gasteiger partial charge in [-0.25, -0.2) is 14.6 Å². The third kappa shape index (κ3) is 5.08. The zero-order chi connectivity index (χ0) is 21.9. The maximum absolute atomic E-state index is 12.0. The van der Waals surface area contributed by atoms with Crippen molar-refractivity contribution in [3.63, 3.8) is 0 Å². The fourth-order valence-electron chi connectivity index (χ4n) is 3.16. The van der Waals surface area contributed by atoms with Crippen LogP contribution in [0.3, 0.4) is 0 Å². The third-order valence-electron chi connectivity index (χ3n) is 4.41. The van der Waals surface area contributed by atoms with E-state index in [1.165, 1.54) is 0 Å². The number of nitrogen functional groups attached to an aromatic ring is 1. The number of nitrogens with zero attached hydrogens (tertiary/aromatic N) is 2. The van der Waals surface area contributed by atoms with Crippen LogP contribution in [-0.4, -0.2) is 38.4 Å². The van der Waals surface area contributed by atoms with Crippen molar-refractivity contribution in [2.24, 2.45) is 0 Å². The van der Waals surface area contributed by atoms with Gasteiger partial charge in [0.2, 0.25) is 0 Å². The molecule has 1 atom stereocenters. The van der Waals surface area contributed by atoms with Gasteiger partial charge in [0.15, 0.2) is 0 Å². The normalized spacial score (nSPS) is 12.5. The number of hydrogen-bond acceptors (Lipinski definition) is 5. The molecule has 3 rings (SSSR count). The molecule has 2 aromatic carbocycles. The van der Waals surface area contributed by atoms with Crippen LogP contribution in [0.1, 0.15) is 33.0 Å². The SMILES string of the molecule is CC(C)(C)OC(=O)N[C@@H](CCc1nc2cc(N)ccc2n1-c1ccccc1)C(=O)O. The Hall–Kier alpha value is -3.55. The van der Waals surface area contributed by atoms with Gasteiger partial charge in [-0.3, -0.25) is 4.57 Å². The van der Waals surface area contributed by atoms with E-state index in [9.17, 15) is 14.7 Å². The number of ether oxygens (including phenoxy) is 1. The van der Waals surface area contributed by atoms with Gasteiger partial charge >= 0.3 is 12.1 Å². The molecule has 0 aliphatic heterocycles. The van der Waals surface area contributed by atoms with Crippen molar-refractivity contribution >= 4 is 28.8 Å². The Morgan fingerprint density at radius 2 is 1.90 bits per heavy atom. The van der Waals surface area contributed by atoms with E-state index in [1.807, 2.05) is 41.0 Å². The first-order valence-corrected chi connectivity index (χ1v) is 9.68. The Labute approximate surface area is 174 Å². The Kier molecular flexibility index (Phi) is 5.96. The topological polar surface area (TPSA) is 119 Å². The van der Waals surface area contributed by atoms with Crippen LogP contribution in [0.5, 0.6) is 0 Å². The molecule has 0 fully saturated rings. The third-order valence-corrected chi connectivity index (χ3v) is 4.41. The molecule has 0 saturated heterocycles. The summed E-state index contributed by atoms with van der Waals surface area (Å²) < 4.78 is 7.15. The smallest absolute Gasteiger partial charge is 0.408 e. The predicted octanol–water partition coefficient (Wildman–Crippen LogP) is 3.52. The molecule has 3 aromatic rings. The molecule has 8 heteroatoms. The molecule has 0 unspecified atom stereocenters. The summed E-state index contributed by atoms with van der Waals surface area (Å²) in [6.07, 6.45) is -0.282. The molecule has 4 N–H and O–H groups in total. The number of carbonyl (C=O) groups excluding carboxylic acids is 1. The van der Waals surface area contributed by atoms with Crippen LogP contribution >= 0.6 is 0 Å². The van der Waals surface area contributed by atoms with E-state index in [1.54, 1.807) is 32.9 Å². The minimum atomic E-state index is -1.13. The molecule has 0 spiro atoms. The van der Waals surface area contributed by atoms with Crippen molar-refractivity contribution in [2.45, 2.75) is 45.3 Å². The van der Waals surface area contributed by atoms with E-state index in [0.717, 1.165) is 16.7 Å². The van der Waals surface area contributed by atoms with E-state index in [-0.39, 0.29) is 6.42 Å². The first-order valence-electron chi connectivity index (χ1n) is 9.68. The first kappa shape index (κ1) is 21.2. The lowest BCUT2D eigenvalue weighted by Gasteiger charge is -2.22. The summed E-state index contributed by atoms with van der Waals surface area (Å²) in [5.74, 6) is -0.452. The molecule has 158 valence electrons. The number of carbonyl (C=O) groups is 2. The van der Waals surface area contributed by atoms with Crippen molar-refractivity contribution in [1.82, 2.24) is 14.9 Å². The van der Waals surface area contributed by atoms with Gasteiger partial charge in [-0.15, -0.1) is 0 Å². The monoisotopic (exact) mass is 410 g/mol. The number of amides is 1. The van der Waals surface area contributed by atoms with Gasteiger partial charge in [-0.05, 0) is 57.5 Å². The number of benzene rings is 2. The van der Waals surface area contributed by atoms with E-state index in [2.05, 4.69) is 10.3 Å². The van der Waals surface area contributed by atoms with Gasteiger partial charge in [0.1, 0.15) is 17.5 Å². The van der Waals surface area contributed by atoms with Crippen molar-refractivity contribution in [2.75, 3.05) is 5.73 Å². The summed E-state index contributed by atoms with van der Waals surface area (Å²) in [4.78, 5) is 28.4. The van der Waals surface area contributed by atoms with Crippen LogP contribution < -0.4 is 11.1 Å². The number of imidazole rings is 1. The second-order valence-corrected chi connectivity index (χ2v) is 8.02. The zero-order valence-electron chi connectivity index (χ0n) is 17.3. The Morgan fingerprint density at radius 1 is 1.20 bits per heavy atom. The van der Waals surface area contributed by atoms with E-state index < -0.39 is 23.7 Å². The van der Waals surface area contributed by atoms with Crippen molar-refractivity contribution in [3.8, 4) is 5.69 Å². The van der Waals surface area contributed by atoms with Crippen molar-refractivity contribution in [1.29, 1.82) is 0 Å². The van der Waals surface area contributed by atoms with Crippen molar-refractivity contribution < 1.29 is 19.4 Å². The van der Waals surface area contributed by atoms with Crippen molar-refractivity contribution in [3.05, 3.63) is 54.4 Å². The number of hydrogen-bond donors (Lipinski definition) is 3. The highest BCUT2D eigenvalue weighted by atomic mass is 16.6. The lowest BCUT2D eigenvalue weighted by molar-refractivity contribution is -0.139. The molecule has 1 amide bonds. The van der Waals surface area contributed by atoms with E-state index >= 15 is 0 Å². The molecule has 0 aliphatic carbocycles. The number of nitrogens with one attached hydrogen (secondary N) is 1. The second-order valence-electron chi connectivity index (χ2n) is 8.02. The molecule has 0 radical (unpaired) electrons. The summed E-state index contributed by atoms with van der Waals surface area (Å²) in [6, 6.07) is 14.0. The minimum absolute atomic E-state index is 0.153. The Bertz CT molecular complexity index is 1050. The maximum Gasteiger partial charge on any atom is 0.408 e. The minimum Gasteiger partial charge on any atom is -0.480 e. The van der Waals surface area contributed by atoms with Crippen LogP contribution in [0, 0.1) is 0 Å². The number of nitrogens with two attached hydrogens (primary N) is 1. The first-order chi connectivity index (χ1) is 14.1. The number of aryl methyl sites for hydroxylation is 1. The van der Waals surface area contributed by atoms with Gasteiger partial charge in [0.05, 0.1) is 11.0 Å². The van der Waals surface area contributed by atoms with Crippen LogP contribution in [-0.2, 0) is 16.0 Å². The number of aromatic nitrogens is 2. The number of carboxylic acid groups (broad SMARTS) is 1. The summed E-state index contributed by atoms with van der Waals surface area (Å²) in [5, 5.41) is 12.0. The molecule has 0 saturated carbocycles. The van der Waals surface area contributed by atoms with E-state index in [0.29, 0.717) is 17.9 Å². The lowest BCUT2D eigenvalue weighted by atomic mass is 10.1. The van der Waals surface area contributed by atoms with Crippen LogP contribution in [0.4, 0.5) is 10.5 Å². The number of para-hydroxylation sites is 1. The van der Waals surface area contributed by atoms with Gasteiger partial charge in [-0.2, -0.15) is 0 Å². The molecular formula is C22H26N4O4. The maximum atomic E-state index is 12.0. The van der Waals surface area contributed by atoms with Crippen LogP contribution in [0.2, 0.25) is 0 Å². The number of carboxylic acids is 1. The highest BCUT2D eigenvalue weighted by Crippen LogP contribution is 2.24. The fourth-order valence-corrected chi connectivity index (χ4v) is 3.16. The van der Waals surface area contributed by atoms with Gasteiger partial charge in [0.25, 0.3) is 0 Å². The summed E-state index contributed by atoms with van der Waals surface area (Å²) in [5.41, 5.74) is 8.29. The Morgan fingerprint density at radius 3 is 2.53 bits per heavy atom. The number of fused-ring (bicyclic) bond motifs is 1. The fraction of sp³-hybridized carbons (Fsp3) is 0.318. The number of rotatable bonds is 6. The molecule has 8 nitrogen and oxygen atoms in total. The molecule has 0 aliphatic rings. The number of anilines is 1. The molecular weight excluding hydrogens is 384 g/mol. The highest BCUT2D eigenvalue weighted by Gasteiger charge is 2.25. The average Bonchev–Trinajstić information content (AvgIpc) is 3.01. The zero-order valence-corrected chi connectivity index (χ0v) is 17.3. The van der Waals surface area contributed by atoms with Crippen LogP contribution in [0.15, 0.2) is 48.5 Å². The standard InChI is InChI=1S/C22H26N4O4/c1-22(2,3)30-21(29)25-16(20(27)28)10-12-19-24-17-13-14(23)9-11-18(17)26(19)15-7-5-4-6-8-15/h4-9,11,13,16H,10,12,23H2,1-3H3,(H,25,29)(H,27,28)/t16-/m0/s1. The Balaban J connectivity index is 1.87. The van der Waals surface area contributed by atoms with E-state index in [4.69, 9.17) is 10.5 Å². The highest BCUT2D eigenvalue weighted by molar-refractivity contribution is 5.82. The largest absolute Gasteiger partial charge is 0.480 e. The summed E-state index contributed by atoms with van der Waals surface area (Å²) >= 11 is 0. The summed E-state index contributed by atoms with van der Waals surface area (Å²) in [7, 11) is 0. The van der Waals surface area contributed by atoms with Gasteiger partial charge in [0, 0.05) is 17.8 Å². The van der Waals surface area contributed by atoms with Crippen LogP contribution in [0.25, 0.3) is 16.7 Å². The number of aliphatic carboxylic acids is 1. The second kappa shape index (κ2) is 8.44. The van der Waals surface area contributed by atoms with Gasteiger partial charge in [-0.1, -0.05) is 18.2 Å². The quantitative estimate of drug-likeness (QED) is 0.535. The molecule has 0 bridgehead atoms. The lowest BCUT2D eigenvalue weighted by Crippen LogP contribution is -2.43. The van der Waals surface area contributed by atoms with Gasteiger partial charge < -0.3 is 20.9 Å². The predicted molar refractivity (Wildman–Crippen MR) is 115 cm³/mol. The molecule has 1 heterocycles. The molecule has 30 heavy (non-hydrogen) atoms. The number of alkyl carbamates (subject to hydrolysis) is 1.